The standard InChI is InChI=1S/C25H28N2O3/c1-3-13-29-20-9-7-18(8-10-20)25-23(17-26)22-12-11-21(30-15-14-28-2)16-24(22)27(25)19-5-4-6-19/h7-12,16,19H,3-6,13-15H2,1-2H3. The van der Waals surface area contributed by atoms with Crippen LogP contribution < -0.4 is 9.47 Å². The molecular weight excluding hydrogens is 376 g/mol. The van der Waals surface area contributed by atoms with Crippen LogP contribution in [0.15, 0.2) is 42.5 Å². The van der Waals surface area contributed by atoms with E-state index in [1.54, 1.807) is 7.11 Å². The summed E-state index contributed by atoms with van der Waals surface area (Å²) in [5.41, 5.74) is 3.82. The molecule has 156 valence electrons. The molecule has 5 nitrogen and oxygen atoms in total. The van der Waals surface area contributed by atoms with Gasteiger partial charge in [0.15, 0.2) is 0 Å². The average molecular weight is 405 g/mol. The summed E-state index contributed by atoms with van der Waals surface area (Å²) in [6.07, 6.45) is 4.47. The van der Waals surface area contributed by atoms with Crippen LogP contribution in [0.4, 0.5) is 0 Å². The maximum absolute atomic E-state index is 10.0. The van der Waals surface area contributed by atoms with E-state index in [9.17, 15) is 5.26 Å². The van der Waals surface area contributed by atoms with Crippen LogP contribution in [-0.2, 0) is 4.74 Å². The van der Waals surface area contributed by atoms with Crippen LogP contribution in [-0.4, -0.2) is 31.5 Å². The zero-order valence-corrected chi connectivity index (χ0v) is 17.7. The van der Waals surface area contributed by atoms with E-state index in [0.717, 1.165) is 58.5 Å². The third kappa shape index (κ3) is 3.88. The molecule has 1 saturated carbocycles. The molecule has 0 radical (unpaired) electrons. The molecule has 30 heavy (non-hydrogen) atoms. The van der Waals surface area contributed by atoms with Gasteiger partial charge in [0.05, 0.1) is 30.0 Å². The largest absolute Gasteiger partial charge is 0.494 e. The molecule has 3 aromatic rings. The van der Waals surface area contributed by atoms with Crippen molar-refractivity contribution in [3.8, 4) is 28.8 Å². The van der Waals surface area contributed by atoms with Crippen molar-refractivity contribution in [1.82, 2.24) is 4.57 Å². The minimum Gasteiger partial charge on any atom is -0.494 e. The molecule has 1 fully saturated rings. The maximum Gasteiger partial charge on any atom is 0.121 e. The highest BCUT2D eigenvalue weighted by Crippen LogP contribution is 2.43. The molecule has 4 rings (SSSR count). The molecule has 1 heterocycles. The highest BCUT2D eigenvalue weighted by Gasteiger charge is 2.28. The first-order valence-electron chi connectivity index (χ1n) is 10.7. The number of nitriles is 1. The summed E-state index contributed by atoms with van der Waals surface area (Å²) in [5, 5.41) is 11.0. The molecule has 1 aromatic heterocycles. The highest BCUT2D eigenvalue weighted by atomic mass is 16.5. The predicted octanol–water partition coefficient (Wildman–Crippen LogP) is 5.72. The zero-order chi connectivity index (χ0) is 20.9. The Balaban J connectivity index is 1.80. The van der Waals surface area contributed by atoms with Gasteiger partial charge in [-0.25, -0.2) is 0 Å². The predicted molar refractivity (Wildman–Crippen MR) is 118 cm³/mol. The number of hydrogen-bond donors (Lipinski definition) is 0. The zero-order valence-electron chi connectivity index (χ0n) is 17.7. The number of aromatic nitrogens is 1. The second-order valence-electron chi connectivity index (χ2n) is 7.68. The van der Waals surface area contributed by atoms with Crippen LogP contribution in [0.1, 0.15) is 44.2 Å². The van der Waals surface area contributed by atoms with Gasteiger partial charge in [-0.1, -0.05) is 6.92 Å². The molecule has 0 saturated heterocycles. The third-order valence-corrected chi connectivity index (χ3v) is 5.68. The van der Waals surface area contributed by atoms with E-state index in [1.807, 2.05) is 24.3 Å². The molecule has 0 spiro atoms. The minimum absolute atomic E-state index is 0.412. The van der Waals surface area contributed by atoms with Crippen molar-refractivity contribution in [2.24, 2.45) is 0 Å². The molecule has 2 aromatic carbocycles. The Hall–Kier alpha value is -2.97. The summed E-state index contributed by atoms with van der Waals surface area (Å²) in [6.45, 7) is 3.85. The Kier molecular flexibility index (Phi) is 6.25. The molecule has 1 aliphatic carbocycles. The van der Waals surface area contributed by atoms with E-state index >= 15 is 0 Å². The van der Waals surface area contributed by atoms with Gasteiger partial charge in [0, 0.05) is 24.6 Å². The van der Waals surface area contributed by atoms with Crippen molar-refractivity contribution in [1.29, 1.82) is 5.26 Å². The third-order valence-electron chi connectivity index (χ3n) is 5.68. The lowest BCUT2D eigenvalue weighted by atomic mass is 9.92. The quantitative estimate of drug-likeness (QED) is 0.428. The van der Waals surface area contributed by atoms with Gasteiger partial charge in [-0.15, -0.1) is 0 Å². The second kappa shape index (κ2) is 9.23. The normalized spacial score (nSPS) is 13.8. The van der Waals surface area contributed by atoms with Gasteiger partial charge in [0.2, 0.25) is 0 Å². The van der Waals surface area contributed by atoms with Gasteiger partial charge in [0.25, 0.3) is 0 Å². The summed E-state index contributed by atoms with van der Waals surface area (Å²) in [4.78, 5) is 0. The van der Waals surface area contributed by atoms with Crippen molar-refractivity contribution in [3.05, 3.63) is 48.0 Å². The maximum atomic E-state index is 10.0. The van der Waals surface area contributed by atoms with E-state index in [0.29, 0.717) is 25.9 Å². The van der Waals surface area contributed by atoms with Crippen LogP contribution in [0.2, 0.25) is 0 Å². The van der Waals surface area contributed by atoms with Crippen molar-refractivity contribution < 1.29 is 14.2 Å². The minimum atomic E-state index is 0.412. The first kappa shape index (κ1) is 20.3. The molecular formula is C25H28N2O3. The Morgan fingerprint density at radius 1 is 1.00 bits per heavy atom. The summed E-state index contributed by atoms with van der Waals surface area (Å²) in [6, 6.07) is 17.0. The summed E-state index contributed by atoms with van der Waals surface area (Å²) >= 11 is 0. The van der Waals surface area contributed by atoms with Crippen LogP contribution in [0.5, 0.6) is 11.5 Å². The van der Waals surface area contributed by atoms with Crippen LogP contribution >= 0.6 is 0 Å². The molecule has 1 aliphatic rings. The summed E-state index contributed by atoms with van der Waals surface area (Å²) in [7, 11) is 1.67. The molecule has 0 N–H and O–H groups in total. The molecule has 5 heteroatoms. The molecule has 0 amide bonds. The Morgan fingerprint density at radius 2 is 1.73 bits per heavy atom. The Labute approximate surface area is 177 Å². The summed E-state index contributed by atoms with van der Waals surface area (Å²) in [5.74, 6) is 1.66. The van der Waals surface area contributed by atoms with Crippen molar-refractivity contribution in [2.75, 3.05) is 26.9 Å². The number of ether oxygens (including phenoxy) is 3. The van der Waals surface area contributed by atoms with E-state index < -0.39 is 0 Å². The fourth-order valence-electron chi connectivity index (χ4n) is 3.97. The van der Waals surface area contributed by atoms with Gasteiger partial charge >= 0.3 is 0 Å². The highest BCUT2D eigenvalue weighted by molar-refractivity contribution is 5.95. The fraction of sp³-hybridized carbons (Fsp3) is 0.400. The van der Waals surface area contributed by atoms with Crippen molar-refractivity contribution in [2.45, 2.75) is 38.6 Å². The number of hydrogen-bond acceptors (Lipinski definition) is 4. The van der Waals surface area contributed by atoms with Gasteiger partial charge < -0.3 is 18.8 Å². The monoisotopic (exact) mass is 404 g/mol. The topological polar surface area (TPSA) is 56.4 Å². The Bertz CT molecular complexity index is 1040. The first-order valence-corrected chi connectivity index (χ1v) is 10.7. The van der Waals surface area contributed by atoms with Crippen LogP contribution in [0.3, 0.4) is 0 Å². The number of methoxy groups -OCH3 is 1. The number of rotatable bonds is 9. The van der Waals surface area contributed by atoms with Gasteiger partial charge in [-0.3, -0.25) is 0 Å². The van der Waals surface area contributed by atoms with Crippen LogP contribution in [0, 0.1) is 11.3 Å². The smallest absolute Gasteiger partial charge is 0.121 e. The van der Waals surface area contributed by atoms with E-state index in [2.05, 4.69) is 35.8 Å². The average Bonchev–Trinajstić information content (AvgIpc) is 3.05. The second-order valence-corrected chi connectivity index (χ2v) is 7.68. The van der Waals surface area contributed by atoms with E-state index in [4.69, 9.17) is 14.2 Å². The lowest BCUT2D eigenvalue weighted by Crippen LogP contribution is -2.17. The SMILES string of the molecule is CCCOc1ccc(-c2c(C#N)c3ccc(OCCOC)cc3n2C2CCC2)cc1. The van der Waals surface area contributed by atoms with Crippen LogP contribution in [0.25, 0.3) is 22.2 Å². The fourth-order valence-corrected chi connectivity index (χ4v) is 3.97. The lowest BCUT2D eigenvalue weighted by Gasteiger charge is -2.30. The van der Waals surface area contributed by atoms with Crippen molar-refractivity contribution >= 4 is 10.9 Å². The first-order chi connectivity index (χ1) is 14.8. The molecule has 0 atom stereocenters. The number of fused-ring (bicyclic) bond motifs is 1. The molecule has 0 bridgehead atoms. The molecule has 0 unspecified atom stereocenters. The van der Waals surface area contributed by atoms with E-state index in [-0.39, 0.29) is 0 Å². The van der Waals surface area contributed by atoms with Crippen molar-refractivity contribution in [3.63, 3.8) is 0 Å². The van der Waals surface area contributed by atoms with Gasteiger partial charge in [0.1, 0.15) is 24.2 Å². The lowest BCUT2D eigenvalue weighted by molar-refractivity contribution is 0.146. The number of benzene rings is 2. The molecule has 0 aliphatic heterocycles. The van der Waals surface area contributed by atoms with Gasteiger partial charge in [-0.2, -0.15) is 5.26 Å². The summed E-state index contributed by atoms with van der Waals surface area (Å²) < 4.78 is 19.0. The Morgan fingerprint density at radius 3 is 2.37 bits per heavy atom. The van der Waals surface area contributed by atoms with E-state index in [1.165, 1.54) is 6.42 Å². The van der Waals surface area contributed by atoms with Gasteiger partial charge in [-0.05, 0) is 67.6 Å². The number of nitrogens with zero attached hydrogens (tertiary/aromatic N) is 2.